The molecule has 0 aliphatic heterocycles. The van der Waals surface area contributed by atoms with Crippen LogP contribution in [0, 0.1) is 0 Å². The molecule has 1 N–H and O–H groups in total. The monoisotopic (exact) mass is 469 g/mol. The van der Waals surface area contributed by atoms with Gasteiger partial charge in [-0.25, -0.2) is 13.8 Å². The van der Waals surface area contributed by atoms with Gasteiger partial charge in [-0.3, -0.25) is 9.10 Å². The normalized spacial score (nSPS) is 11.3. The van der Waals surface area contributed by atoms with Crippen molar-refractivity contribution in [2.24, 2.45) is 5.10 Å². The van der Waals surface area contributed by atoms with E-state index in [9.17, 15) is 13.2 Å². The number of ether oxygens (including phenoxy) is 2. The Balaban J connectivity index is 2.12. The fourth-order valence-electron chi connectivity index (χ4n) is 2.36. The van der Waals surface area contributed by atoms with Crippen molar-refractivity contribution in [3.05, 3.63) is 52.5 Å². The summed E-state index contributed by atoms with van der Waals surface area (Å²) in [5.74, 6) is 0.401. The van der Waals surface area contributed by atoms with Gasteiger partial charge in [-0.15, -0.1) is 0 Å². The van der Waals surface area contributed by atoms with Gasteiger partial charge < -0.3 is 9.47 Å². The molecule has 0 aromatic heterocycles. The van der Waals surface area contributed by atoms with E-state index in [1.165, 1.54) is 20.4 Å². The van der Waals surface area contributed by atoms with Gasteiger partial charge in [0.05, 0.1) is 32.4 Å². The van der Waals surface area contributed by atoms with Crippen LogP contribution in [0.5, 0.6) is 11.5 Å². The number of carbonyl (C=O) groups is 1. The van der Waals surface area contributed by atoms with E-state index < -0.39 is 22.5 Å². The number of nitrogens with one attached hydrogen (secondary N) is 1. The fourth-order valence-corrected chi connectivity index (χ4v) is 3.48. The largest absolute Gasteiger partial charge is 0.493 e. The molecule has 150 valence electrons. The van der Waals surface area contributed by atoms with E-state index in [-0.39, 0.29) is 0 Å². The topological polar surface area (TPSA) is 97.3 Å². The molecule has 0 saturated carbocycles. The molecule has 2 aromatic rings. The highest BCUT2D eigenvalue weighted by Gasteiger charge is 2.20. The minimum atomic E-state index is -3.65. The van der Waals surface area contributed by atoms with Crippen LogP contribution in [0.25, 0.3) is 0 Å². The van der Waals surface area contributed by atoms with Crippen LogP contribution in [0.4, 0.5) is 5.69 Å². The summed E-state index contributed by atoms with van der Waals surface area (Å²) in [6.45, 7) is -0.410. The van der Waals surface area contributed by atoms with E-state index in [1.54, 1.807) is 42.5 Å². The lowest BCUT2D eigenvalue weighted by atomic mass is 10.2. The number of rotatable bonds is 8. The van der Waals surface area contributed by atoms with Gasteiger partial charge in [-0.05, 0) is 36.4 Å². The molecular weight excluding hydrogens is 450 g/mol. The van der Waals surface area contributed by atoms with Gasteiger partial charge in [0.15, 0.2) is 11.5 Å². The van der Waals surface area contributed by atoms with Crippen molar-refractivity contribution in [3.63, 3.8) is 0 Å². The summed E-state index contributed by atoms with van der Waals surface area (Å²) in [6.07, 6.45) is 2.43. The predicted molar refractivity (Wildman–Crippen MR) is 112 cm³/mol. The minimum Gasteiger partial charge on any atom is -0.493 e. The molecule has 8 nitrogen and oxygen atoms in total. The maximum Gasteiger partial charge on any atom is 0.260 e. The maximum absolute atomic E-state index is 12.2. The van der Waals surface area contributed by atoms with Gasteiger partial charge in [0.2, 0.25) is 10.0 Å². The van der Waals surface area contributed by atoms with Gasteiger partial charge in [0.1, 0.15) is 6.54 Å². The first kappa shape index (κ1) is 21.7. The molecular formula is C18H20BrN3O5S. The lowest BCUT2D eigenvalue weighted by Crippen LogP contribution is -2.39. The Morgan fingerprint density at radius 1 is 1.18 bits per heavy atom. The summed E-state index contributed by atoms with van der Waals surface area (Å²) in [6, 6.07) is 11.8. The van der Waals surface area contributed by atoms with Crippen LogP contribution in [0.3, 0.4) is 0 Å². The Bertz CT molecular complexity index is 962. The molecule has 10 heteroatoms. The second-order valence-electron chi connectivity index (χ2n) is 5.62. The first-order chi connectivity index (χ1) is 13.3. The van der Waals surface area contributed by atoms with Crippen LogP contribution in [0.1, 0.15) is 5.56 Å². The highest BCUT2D eigenvalue weighted by molar-refractivity contribution is 9.10. The number of hydrazone groups is 1. The smallest absolute Gasteiger partial charge is 0.260 e. The number of hydrogen-bond acceptors (Lipinski definition) is 6. The number of carbonyl (C=O) groups excluding carboxylic acids is 1. The number of benzene rings is 2. The SMILES string of the molecule is COc1cccc(/C=N\NC(=O)CN(c2ccc(Br)cc2)S(C)(=O)=O)c1OC. The van der Waals surface area contributed by atoms with Crippen molar-refractivity contribution < 1.29 is 22.7 Å². The van der Waals surface area contributed by atoms with Crippen LogP contribution >= 0.6 is 15.9 Å². The van der Waals surface area contributed by atoms with E-state index in [1.807, 2.05) is 0 Å². The van der Waals surface area contributed by atoms with Crippen LogP contribution in [-0.4, -0.2) is 47.6 Å². The predicted octanol–water partition coefficient (Wildman–Crippen LogP) is 2.38. The highest BCUT2D eigenvalue weighted by atomic mass is 79.9. The molecule has 0 unspecified atom stereocenters. The molecule has 0 radical (unpaired) electrons. The van der Waals surface area contributed by atoms with E-state index >= 15 is 0 Å². The number of amides is 1. The summed E-state index contributed by atoms with van der Waals surface area (Å²) in [5, 5.41) is 3.88. The first-order valence-electron chi connectivity index (χ1n) is 8.02. The second kappa shape index (κ2) is 9.56. The Morgan fingerprint density at radius 3 is 2.43 bits per heavy atom. The van der Waals surface area contributed by atoms with Gasteiger partial charge in [0.25, 0.3) is 5.91 Å². The molecule has 2 aromatic carbocycles. The number of para-hydroxylation sites is 1. The molecule has 0 saturated heterocycles. The van der Waals surface area contributed by atoms with E-state index in [0.29, 0.717) is 22.7 Å². The Labute approximate surface area is 172 Å². The third-order valence-corrected chi connectivity index (χ3v) is 5.30. The van der Waals surface area contributed by atoms with Crippen LogP contribution in [0.15, 0.2) is 52.0 Å². The lowest BCUT2D eigenvalue weighted by Gasteiger charge is -2.21. The van der Waals surface area contributed by atoms with E-state index in [2.05, 4.69) is 26.5 Å². The van der Waals surface area contributed by atoms with Gasteiger partial charge >= 0.3 is 0 Å². The maximum atomic E-state index is 12.2. The molecule has 1 amide bonds. The molecule has 0 heterocycles. The molecule has 0 aliphatic rings. The average Bonchev–Trinajstić information content (AvgIpc) is 2.65. The highest BCUT2D eigenvalue weighted by Crippen LogP contribution is 2.29. The number of hydrogen-bond donors (Lipinski definition) is 1. The van der Waals surface area contributed by atoms with E-state index in [0.717, 1.165) is 15.0 Å². The fraction of sp³-hybridized carbons (Fsp3) is 0.222. The second-order valence-corrected chi connectivity index (χ2v) is 8.44. The van der Waals surface area contributed by atoms with E-state index in [4.69, 9.17) is 9.47 Å². The number of halogens is 1. The van der Waals surface area contributed by atoms with Crippen molar-refractivity contribution in [2.45, 2.75) is 0 Å². The molecule has 0 aliphatic carbocycles. The van der Waals surface area contributed by atoms with Crippen molar-refractivity contribution in [2.75, 3.05) is 31.3 Å². The van der Waals surface area contributed by atoms with Crippen molar-refractivity contribution in [1.29, 1.82) is 0 Å². The summed E-state index contributed by atoms with van der Waals surface area (Å²) in [5.41, 5.74) is 3.29. The van der Waals surface area contributed by atoms with Gasteiger partial charge in [-0.2, -0.15) is 5.10 Å². The summed E-state index contributed by atoms with van der Waals surface area (Å²) < 4.78 is 36.4. The van der Waals surface area contributed by atoms with Gasteiger partial charge in [-0.1, -0.05) is 22.0 Å². The zero-order chi connectivity index (χ0) is 20.7. The number of anilines is 1. The molecule has 0 spiro atoms. The molecule has 0 fully saturated rings. The van der Waals surface area contributed by atoms with Crippen molar-refractivity contribution in [3.8, 4) is 11.5 Å². The van der Waals surface area contributed by atoms with Crippen LogP contribution in [0.2, 0.25) is 0 Å². The summed E-state index contributed by atoms with van der Waals surface area (Å²) in [7, 11) is -0.642. The third kappa shape index (κ3) is 5.70. The zero-order valence-electron chi connectivity index (χ0n) is 15.5. The molecule has 28 heavy (non-hydrogen) atoms. The summed E-state index contributed by atoms with van der Waals surface area (Å²) in [4.78, 5) is 12.2. The lowest BCUT2D eigenvalue weighted by molar-refractivity contribution is -0.119. The zero-order valence-corrected chi connectivity index (χ0v) is 18.0. The number of nitrogens with zero attached hydrogens (tertiary/aromatic N) is 2. The molecule has 0 atom stereocenters. The Morgan fingerprint density at radius 2 is 1.86 bits per heavy atom. The quantitative estimate of drug-likeness (QED) is 0.472. The Hall–Kier alpha value is -2.59. The number of sulfonamides is 1. The van der Waals surface area contributed by atoms with Crippen molar-refractivity contribution >= 4 is 43.8 Å². The molecule has 0 bridgehead atoms. The van der Waals surface area contributed by atoms with Crippen LogP contribution < -0.4 is 19.2 Å². The average molecular weight is 470 g/mol. The number of methoxy groups -OCH3 is 2. The standard InChI is InChI=1S/C18H20BrN3O5S/c1-26-16-6-4-5-13(18(16)27-2)11-20-21-17(23)12-22(28(3,24)25)15-9-7-14(19)8-10-15/h4-11H,12H2,1-3H3,(H,21,23)/b20-11-. The van der Waals surface area contributed by atoms with Crippen LogP contribution in [-0.2, 0) is 14.8 Å². The Kier molecular flexibility index (Phi) is 7.41. The van der Waals surface area contributed by atoms with Crippen molar-refractivity contribution in [1.82, 2.24) is 5.43 Å². The minimum absolute atomic E-state index is 0.374. The third-order valence-electron chi connectivity index (χ3n) is 3.63. The van der Waals surface area contributed by atoms with Gasteiger partial charge in [0, 0.05) is 10.0 Å². The first-order valence-corrected chi connectivity index (χ1v) is 10.7. The molecule has 2 rings (SSSR count). The summed E-state index contributed by atoms with van der Waals surface area (Å²) >= 11 is 3.29.